The van der Waals surface area contributed by atoms with Gasteiger partial charge in [0, 0.05) is 5.69 Å². The van der Waals surface area contributed by atoms with Gasteiger partial charge in [0.15, 0.2) is 0 Å². The van der Waals surface area contributed by atoms with Gasteiger partial charge in [-0.05, 0) is 24.5 Å². The van der Waals surface area contributed by atoms with Crippen molar-refractivity contribution in [3.05, 3.63) is 29.8 Å². The molecule has 0 saturated heterocycles. The number of hydrogen-bond acceptors (Lipinski definition) is 3. The van der Waals surface area contributed by atoms with Crippen LogP contribution in [0.25, 0.3) is 0 Å². The summed E-state index contributed by atoms with van der Waals surface area (Å²) in [7, 11) is 0. The van der Waals surface area contributed by atoms with Crippen LogP contribution in [0.5, 0.6) is 0 Å². The number of aryl methyl sites for hydroxylation is 1. The molecule has 0 aliphatic heterocycles. The lowest BCUT2D eigenvalue weighted by Gasteiger charge is -2.17. The van der Waals surface area contributed by atoms with Gasteiger partial charge < -0.3 is 10.4 Å². The molecule has 1 rings (SSSR count). The first-order valence-corrected chi connectivity index (χ1v) is 6.23. The van der Waals surface area contributed by atoms with Gasteiger partial charge in [-0.25, -0.2) is 0 Å². The molecule has 1 atom stereocenters. The van der Waals surface area contributed by atoms with E-state index in [9.17, 15) is 9.59 Å². The van der Waals surface area contributed by atoms with Crippen LogP contribution in [0.3, 0.4) is 0 Å². The number of rotatable bonds is 6. The number of anilines is 1. The average molecular weight is 264 g/mol. The molecule has 0 aliphatic carbocycles. The largest absolute Gasteiger partial charge is 0.480 e. The quantitative estimate of drug-likeness (QED) is 0.729. The van der Waals surface area contributed by atoms with Crippen molar-refractivity contribution in [2.75, 3.05) is 11.9 Å². The molecule has 5 heteroatoms. The fourth-order valence-corrected chi connectivity index (χ4v) is 1.72. The standard InChI is InChI=1S/C14H20N2O3/c1-9(2)13(14(18)19)15-8-12(17)16-11-7-5-4-6-10(11)3/h4-7,9,13,15H,8H2,1-3H3,(H,16,17)(H,18,19). The van der Waals surface area contributed by atoms with E-state index in [2.05, 4.69) is 10.6 Å². The number of carbonyl (C=O) groups is 2. The summed E-state index contributed by atoms with van der Waals surface area (Å²) in [5.41, 5.74) is 1.71. The summed E-state index contributed by atoms with van der Waals surface area (Å²) < 4.78 is 0. The Bertz CT molecular complexity index is 458. The summed E-state index contributed by atoms with van der Waals surface area (Å²) >= 11 is 0. The number of para-hydroxylation sites is 1. The fourth-order valence-electron chi connectivity index (χ4n) is 1.72. The van der Waals surface area contributed by atoms with Gasteiger partial charge in [-0.15, -0.1) is 0 Å². The molecular formula is C14H20N2O3. The summed E-state index contributed by atoms with van der Waals surface area (Å²) in [6, 6.07) is 6.72. The molecule has 0 bridgehead atoms. The van der Waals surface area contributed by atoms with Crippen molar-refractivity contribution in [2.45, 2.75) is 26.8 Å². The van der Waals surface area contributed by atoms with Crippen molar-refractivity contribution >= 4 is 17.6 Å². The number of nitrogens with one attached hydrogen (secondary N) is 2. The smallest absolute Gasteiger partial charge is 0.320 e. The SMILES string of the molecule is Cc1ccccc1NC(=O)CNC(C(=O)O)C(C)C. The molecule has 5 nitrogen and oxygen atoms in total. The topological polar surface area (TPSA) is 78.4 Å². The number of amides is 1. The highest BCUT2D eigenvalue weighted by Crippen LogP contribution is 2.12. The highest BCUT2D eigenvalue weighted by Gasteiger charge is 2.21. The number of carboxylic acids is 1. The van der Waals surface area contributed by atoms with E-state index in [-0.39, 0.29) is 18.4 Å². The zero-order valence-electron chi connectivity index (χ0n) is 11.4. The zero-order chi connectivity index (χ0) is 14.4. The molecule has 1 aromatic rings. The van der Waals surface area contributed by atoms with Gasteiger partial charge in [0.05, 0.1) is 6.54 Å². The number of aliphatic carboxylic acids is 1. The summed E-state index contributed by atoms with van der Waals surface area (Å²) in [5.74, 6) is -1.27. The van der Waals surface area contributed by atoms with Crippen LogP contribution in [0, 0.1) is 12.8 Å². The van der Waals surface area contributed by atoms with Crippen molar-refractivity contribution < 1.29 is 14.7 Å². The van der Waals surface area contributed by atoms with Crippen molar-refractivity contribution in [1.29, 1.82) is 0 Å². The maximum Gasteiger partial charge on any atom is 0.320 e. The first-order chi connectivity index (χ1) is 8.91. The van der Waals surface area contributed by atoms with Gasteiger partial charge in [-0.3, -0.25) is 14.9 Å². The second-order valence-corrected chi connectivity index (χ2v) is 4.80. The van der Waals surface area contributed by atoms with Gasteiger partial charge in [-0.2, -0.15) is 0 Å². The predicted octanol–water partition coefficient (Wildman–Crippen LogP) is 1.63. The van der Waals surface area contributed by atoms with Crippen molar-refractivity contribution in [2.24, 2.45) is 5.92 Å². The Kier molecular flexibility index (Phi) is 5.51. The van der Waals surface area contributed by atoms with Crippen LogP contribution in [0.1, 0.15) is 19.4 Å². The van der Waals surface area contributed by atoms with Crippen LogP contribution in [-0.4, -0.2) is 29.6 Å². The Hall–Kier alpha value is -1.88. The second-order valence-electron chi connectivity index (χ2n) is 4.80. The van der Waals surface area contributed by atoms with E-state index in [1.54, 1.807) is 13.8 Å². The molecule has 0 aliphatic rings. The molecule has 104 valence electrons. The van der Waals surface area contributed by atoms with Gasteiger partial charge in [-0.1, -0.05) is 32.0 Å². The first-order valence-electron chi connectivity index (χ1n) is 6.23. The Labute approximate surface area is 113 Å². The van der Waals surface area contributed by atoms with Crippen molar-refractivity contribution in [1.82, 2.24) is 5.32 Å². The lowest BCUT2D eigenvalue weighted by atomic mass is 10.1. The van der Waals surface area contributed by atoms with Crippen LogP contribution in [0.15, 0.2) is 24.3 Å². The zero-order valence-corrected chi connectivity index (χ0v) is 11.4. The van der Waals surface area contributed by atoms with E-state index >= 15 is 0 Å². The molecule has 1 aromatic carbocycles. The van der Waals surface area contributed by atoms with Crippen LogP contribution in [0.2, 0.25) is 0 Å². The average Bonchev–Trinajstić information content (AvgIpc) is 2.31. The molecule has 1 unspecified atom stereocenters. The lowest BCUT2D eigenvalue weighted by molar-refractivity contribution is -0.140. The maximum absolute atomic E-state index is 11.7. The van der Waals surface area contributed by atoms with Crippen molar-refractivity contribution in [3.63, 3.8) is 0 Å². The lowest BCUT2D eigenvalue weighted by Crippen LogP contribution is -2.44. The number of carboxylic acid groups (broad SMARTS) is 1. The highest BCUT2D eigenvalue weighted by molar-refractivity contribution is 5.93. The summed E-state index contributed by atoms with van der Waals surface area (Å²) in [6.07, 6.45) is 0. The third-order valence-corrected chi connectivity index (χ3v) is 2.83. The monoisotopic (exact) mass is 264 g/mol. The number of hydrogen-bond donors (Lipinski definition) is 3. The van der Waals surface area contributed by atoms with Crippen LogP contribution >= 0.6 is 0 Å². The summed E-state index contributed by atoms with van der Waals surface area (Å²) in [6.45, 7) is 5.47. The fraction of sp³-hybridized carbons (Fsp3) is 0.429. The van der Waals surface area contributed by atoms with Crippen molar-refractivity contribution in [3.8, 4) is 0 Å². The van der Waals surface area contributed by atoms with Gasteiger partial charge in [0.1, 0.15) is 6.04 Å². The van der Waals surface area contributed by atoms with Crippen LogP contribution < -0.4 is 10.6 Å². The molecule has 0 heterocycles. The third kappa shape index (κ3) is 4.71. The van der Waals surface area contributed by atoms with Crippen LogP contribution in [0.4, 0.5) is 5.69 Å². The van der Waals surface area contributed by atoms with E-state index in [0.717, 1.165) is 11.3 Å². The highest BCUT2D eigenvalue weighted by atomic mass is 16.4. The molecule has 19 heavy (non-hydrogen) atoms. The molecular weight excluding hydrogens is 244 g/mol. The summed E-state index contributed by atoms with van der Waals surface area (Å²) in [5, 5.41) is 14.5. The first kappa shape index (κ1) is 15.2. The Morgan fingerprint density at radius 2 is 1.89 bits per heavy atom. The Morgan fingerprint density at radius 1 is 1.26 bits per heavy atom. The second kappa shape index (κ2) is 6.89. The third-order valence-electron chi connectivity index (χ3n) is 2.83. The Balaban J connectivity index is 2.52. The molecule has 3 N–H and O–H groups in total. The minimum atomic E-state index is -0.946. The number of benzene rings is 1. The molecule has 0 spiro atoms. The molecule has 0 radical (unpaired) electrons. The van der Waals surface area contributed by atoms with Gasteiger partial charge >= 0.3 is 5.97 Å². The van der Waals surface area contributed by atoms with E-state index in [4.69, 9.17) is 5.11 Å². The molecule has 0 fully saturated rings. The van der Waals surface area contributed by atoms with Gasteiger partial charge in [0.2, 0.25) is 5.91 Å². The normalized spacial score (nSPS) is 12.2. The minimum Gasteiger partial charge on any atom is -0.480 e. The number of carbonyl (C=O) groups excluding carboxylic acids is 1. The van der Waals surface area contributed by atoms with E-state index < -0.39 is 12.0 Å². The minimum absolute atomic E-state index is 0.0243. The molecule has 0 aromatic heterocycles. The maximum atomic E-state index is 11.7. The van der Waals surface area contributed by atoms with E-state index in [1.165, 1.54) is 0 Å². The Morgan fingerprint density at radius 3 is 2.42 bits per heavy atom. The van der Waals surface area contributed by atoms with Crippen LogP contribution in [-0.2, 0) is 9.59 Å². The molecule has 0 saturated carbocycles. The summed E-state index contributed by atoms with van der Waals surface area (Å²) in [4.78, 5) is 22.7. The molecule has 1 amide bonds. The van der Waals surface area contributed by atoms with Gasteiger partial charge in [0.25, 0.3) is 0 Å². The van der Waals surface area contributed by atoms with E-state index in [1.807, 2.05) is 31.2 Å². The predicted molar refractivity (Wildman–Crippen MR) is 74.1 cm³/mol. The van der Waals surface area contributed by atoms with E-state index in [0.29, 0.717) is 0 Å².